The van der Waals surface area contributed by atoms with Crippen molar-refractivity contribution in [1.29, 1.82) is 0 Å². The van der Waals surface area contributed by atoms with E-state index >= 15 is 0 Å². The van der Waals surface area contributed by atoms with Crippen molar-refractivity contribution in [2.24, 2.45) is 0 Å². The van der Waals surface area contributed by atoms with Crippen LogP contribution in [0.3, 0.4) is 0 Å². The van der Waals surface area contributed by atoms with Crippen LogP contribution in [0, 0.1) is 0 Å². The SMILES string of the molecule is CCc1nc(-c2ccc3c(c2)CCO3)c(N)s1. The van der Waals surface area contributed by atoms with Crippen molar-refractivity contribution >= 4 is 16.3 Å². The Balaban J connectivity index is 2.06. The van der Waals surface area contributed by atoms with Gasteiger partial charge >= 0.3 is 0 Å². The highest BCUT2D eigenvalue weighted by atomic mass is 32.1. The van der Waals surface area contributed by atoms with E-state index in [-0.39, 0.29) is 0 Å². The first-order valence-corrected chi connectivity index (χ1v) is 6.61. The minimum absolute atomic E-state index is 0.783. The summed E-state index contributed by atoms with van der Waals surface area (Å²) in [6, 6.07) is 6.20. The number of nitrogens with zero attached hydrogens (tertiary/aromatic N) is 1. The smallest absolute Gasteiger partial charge is 0.122 e. The summed E-state index contributed by atoms with van der Waals surface area (Å²) in [4.78, 5) is 4.58. The Morgan fingerprint density at radius 2 is 2.35 bits per heavy atom. The van der Waals surface area contributed by atoms with Gasteiger partial charge in [-0.2, -0.15) is 0 Å². The maximum atomic E-state index is 6.02. The van der Waals surface area contributed by atoms with E-state index in [9.17, 15) is 0 Å². The number of anilines is 1. The van der Waals surface area contributed by atoms with Gasteiger partial charge in [-0.05, 0) is 30.2 Å². The van der Waals surface area contributed by atoms with E-state index in [0.717, 1.165) is 46.5 Å². The van der Waals surface area contributed by atoms with E-state index in [1.807, 2.05) is 12.1 Å². The first-order chi connectivity index (χ1) is 8.28. The number of fused-ring (bicyclic) bond motifs is 1. The average molecular weight is 246 g/mol. The lowest BCUT2D eigenvalue weighted by Crippen LogP contribution is -1.87. The second-order valence-corrected chi connectivity index (χ2v) is 5.21. The van der Waals surface area contributed by atoms with Gasteiger partial charge in [0.15, 0.2) is 0 Å². The molecule has 88 valence electrons. The van der Waals surface area contributed by atoms with Crippen LogP contribution in [0.25, 0.3) is 11.3 Å². The van der Waals surface area contributed by atoms with Gasteiger partial charge in [0.05, 0.1) is 11.6 Å². The van der Waals surface area contributed by atoms with Gasteiger partial charge < -0.3 is 10.5 Å². The molecule has 2 heterocycles. The number of benzene rings is 1. The number of ether oxygens (including phenoxy) is 1. The minimum atomic E-state index is 0.783. The van der Waals surface area contributed by atoms with Crippen LogP contribution in [0.5, 0.6) is 5.75 Å². The Morgan fingerprint density at radius 1 is 1.47 bits per heavy atom. The number of nitrogens with two attached hydrogens (primary N) is 1. The summed E-state index contributed by atoms with van der Waals surface area (Å²) in [6.07, 6.45) is 1.91. The van der Waals surface area contributed by atoms with Gasteiger partial charge in [-0.15, -0.1) is 11.3 Å². The molecule has 2 aromatic rings. The molecule has 0 unspecified atom stereocenters. The van der Waals surface area contributed by atoms with Crippen molar-refractivity contribution < 1.29 is 4.74 Å². The fourth-order valence-electron chi connectivity index (χ4n) is 2.07. The normalized spacial score (nSPS) is 13.5. The van der Waals surface area contributed by atoms with E-state index in [1.54, 1.807) is 11.3 Å². The first kappa shape index (κ1) is 10.6. The predicted octanol–water partition coefficient (Wildman–Crippen LogP) is 2.89. The zero-order valence-electron chi connectivity index (χ0n) is 9.69. The molecule has 1 aliphatic heterocycles. The molecule has 0 atom stereocenters. The van der Waals surface area contributed by atoms with Crippen LogP contribution < -0.4 is 10.5 Å². The lowest BCUT2D eigenvalue weighted by atomic mass is 10.1. The van der Waals surface area contributed by atoms with E-state index in [0.29, 0.717) is 0 Å². The third kappa shape index (κ3) is 1.78. The molecule has 17 heavy (non-hydrogen) atoms. The van der Waals surface area contributed by atoms with Crippen LogP contribution in [-0.4, -0.2) is 11.6 Å². The molecule has 0 saturated carbocycles. The van der Waals surface area contributed by atoms with Crippen molar-refractivity contribution in [2.45, 2.75) is 19.8 Å². The predicted molar refractivity (Wildman–Crippen MR) is 70.5 cm³/mol. The third-order valence-electron chi connectivity index (χ3n) is 2.96. The van der Waals surface area contributed by atoms with Crippen LogP contribution in [0.4, 0.5) is 5.00 Å². The van der Waals surface area contributed by atoms with E-state index in [4.69, 9.17) is 10.5 Å². The zero-order valence-corrected chi connectivity index (χ0v) is 10.5. The lowest BCUT2D eigenvalue weighted by Gasteiger charge is -2.02. The summed E-state index contributed by atoms with van der Waals surface area (Å²) in [5.74, 6) is 0.998. The third-order valence-corrected chi connectivity index (χ3v) is 3.99. The molecule has 0 aliphatic carbocycles. The molecule has 0 bridgehead atoms. The van der Waals surface area contributed by atoms with E-state index in [1.165, 1.54) is 5.56 Å². The van der Waals surface area contributed by atoms with Gasteiger partial charge in [-0.1, -0.05) is 6.92 Å². The highest BCUT2D eigenvalue weighted by molar-refractivity contribution is 7.16. The molecule has 1 aromatic heterocycles. The standard InChI is InChI=1S/C13H14N2OS/c1-2-11-15-12(13(14)17-11)9-3-4-10-8(7-9)5-6-16-10/h3-4,7H,2,5-6,14H2,1H3. The fraction of sp³-hybridized carbons (Fsp3) is 0.308. The highest BCUT2D eigenvalue weighted by Crippen LogP contribution is 2.34. The highest BCUT2D eigenvalue weighted by Gasteiger charge is 2.15. The summed E-state index contributed by atoms with van der Waals surface area (Å²) in [5.41, 5.74) is 9.29. The van der Waals surface area contributed by atoms with Gasteiger partial charge in [-0.3, -0.25) is 0 Å². The molecule has 3 nitrogen and oxygen atoms in total. The molecule has 0 radical (unpaired) electrons. The maximum Gasteiger partial charge on any atom is 0.122 e. The molecule has 0 spiro atoms. The Labute approximate surface area is 104 Å². The van der Waals surface area contributed by atoms with E-state index < -0.39 is 0 Å². The van der Waals surface area contributed by atoms with Gasteiger partial charge in [0.1, 0.15) is 16.4 Å². The van der Waals surface area contributed by atoms with Gasteiger partial charge in [-0.25, -0.2) is 4.98 Å². The Hall–Kier alpha value is -1.55. The number of aromatic nitrogens is 1. The Bertz CT molecular complexity index is 563. The van der Waals surface area contributed by atoms with Crippen molar-refractivity contribution in [2.75, 3.05) is 12.3 Å². The summed E-state index contributed by atoms with van der Waals surface area (Å²) in [6.45, 7) is 2.88. The van der Waals surface area contributed by atoms with Crippen molar-refractivity contribution in [3.05, 3.63) is 28.8 Å². The molecule has 0 saturated heterocycles. The number of nitrogen functional groups attached to an aromatic ring is 1. The molecular weight excluding hydrogens is 232 g/mol. The summed E-state index contributed by atoms with van der Waals surface area (Å²) in [5, 5.41) is 1.90. The van der Waals surface area contributed by atoms with Crippen LogP contribution in [0.15, 0.2) is 18.2 Å². The first-order valence-electron chi connectivity index (χ1n) is 5.79. The molecule has 2 N–H and O–H groups in total. The van der Waals surface area contributed by atoms with Crippen molar-refractivity contribution in [1.82, 2.24) is 4.98 Å². The maximum absolute atomic E-state index is 6.02. The number of hydrogen-bond acceptors (Lipinski definition) is 4. The fourth-order valence-corrected chi connectivity index (χ4v) is 2.87. The molecule has 1 aliphatic rings. The van der Waals surface area contributed by atoms with Gasteiger partial charge in [0.2, 0.25) is 0 Å². The quantitative estimate of drug-likeness (QED) is 0.886. The number of aryl methyl sites for hydroxylation is 1. The number of hydrogen-bond donors (Lipinski definition) is 1. The van der Waals surface area contributed by atoms with Gasteiger partial charge in [0.25, 0.3) is 0 Å². The second kappa shape index (κ2) is 4.04. The van der Waals surface area contributed by atoms with Crippen LogP contribution in [0.1, 0.15) is 17.5 Å². The molecule has 0 fully saturated rings. The molecule has 0 amide bonds. The second-order valence-electron chi connectivity index (χ2n) is 4.09. The largest absolute Gasteiger partial charge is 0.493 e. The number of rotatable bonds is 2. The zero-order chi connectivity index (χ0) is 11.8. The summed E-state index contributed by atoms with van der Waals surface area (Å²) < 4.78 is 5.50. The Kier molecular flexibility index (Phi) is 2.52. The summed E-state index contributed by atoms with van der Waals surface area (Å²) in [7, 11) is 0. The Morgan fingerprint density at radius 3 is 3.12 bits per heavy atom. The lowest BCUT2D eigenvalue weighted by molar-refractivity contribution is 0.357. The number of thiazole rings is 1. The van der Waals surface area contributed by atoms with Crippen LogP contribution in [-0.2, 0) is 12.8 Å². The topological polar surface area (TPSA) is 48.1 Å². The van der Waals surface area contributed by atoms with Crippen molar-refractivity contribution in [3.8, 4) is 17.0 Å². The van der Waals surface area contributed by atoms with Gasteiger partial charge in [0, 0.05) is 12.0 Å². The van der Waals surface area contributed by atoms with E-state index in [2.05, 4.69) is 18.0 Å². The minimum Gasteiger partial charge on any atom is -0.493 e. The average Bonchev–Trinajstić information content (AvgIpc) is 2.93. The molecular formula is C13H14N2OS. The van der Waals surface area contributed by atoms with Crippen molar-refractivity contribution in [3.63, 3.8) is 0 Å². The molecule has 3 rings (SSSR count). The molecule has 1 aromatic carbocycles. The monoisotopic (exact) mass is 246 g/mol. The molecule has 4 heteroatoms. The summed E-state index contributed by atoms with van der Waals surface area (Å²) >= 11 is 1.58. The van der Waals surface area contributed by atoms with Crippen LogP contribution >= 0.6 is 11.3 Å². The van der Waals surface area contributed by atoms with Crippen LogP contribution in [0.2, 0.25) is 0 Å².